The molecule has 4 rings (SSSR count). The Balaban J connectivity index is 1.41. The van der Waals surface area contributed by atoms with Crippen LogP contribution in [0.5, 0.6) is 0 Å². The second-order valence-corrected chi connectivity index (χ2v) is 9.86. The summed E-state index contributed by atoms with van der Waals surface area (Å²) < 4.78 is 20.4. The van der Waals surface area contributed by atoms with Crippen LogP contribution in [0.25, 0.3) is 11.5 Å². The third-order valence-electron chi connectivity index (χ3n) is 5.12. The highest BCUT2D eigenvalue weighted by atomic mass is 35.5. The zero-order chi connectivity index (χ0) is 22.0. The van der Waals surface area contributed by atoms with Gasteiger partial charge >= 0.3 is 6.01 Å². The van der Waals surface area contributed by atoms with Crippen molar-refractivity contribution in [3.8, 4) is 11.5 Å². The standard InChI is InChI=1S/C22H23ClN4O3S/c1-14-11-15(2)13-27(12-14)31(29)19-9-5-16(6-10-19)20(28)24-22-26-25-21(30-22)17-3-7-18(23)8-4-17/h3-10,14-15H,11-13H2,1-2H3,(H,24,26,28)/t14-,15+,31?. The summed E-state index contributed by atoms with van der Waals surface area (Å²) >= 11 is 5.88. The van der Waals surface area contributed by atoms with Crippen LogP contribution in [0, 0.1) is 11.8 Å². The molecule has 1 saturated heterocycles. The van der Waals surface area contributed by atoms with E-state index >= 15 is 0 Å². The quantitative estimate of drug-likeness (QED) is 0.601. The molecule has 0 aliphatic carbocycles. The van der Waals surface area contributed by atoms with E-state index < -0.39 is 11.0 Å². The van der Waals surface area contributed by atoms with Gasteiger partial charge in [-0.1, -0.05) is 30.5 Å². The number of piperidine rings is 1. The fourth-order valence-corrected chi connectivity index (χ4v) is 5.34. The van der Waals surface area contributed by atoms with Crippen molar-refractivity contribution in [1.82, 2.24) is 14.5 Å². The van der Waals surface area contributed by atoms with Crippen LogP contribution in [0.1, 0.15) is 30.6 Å². The minimum Gasteiger partial charge on any atom is -0.403 e. The van der Waals surface area contributed by atoms with E-state index in [9.17, 15) is 9.00 Å². The Morgan fingerprint density at radius 3 is 2.35 bits per heavy atom. The summed E-state index contributed by atoms with van der Waals surface area (Å²) in [5.74, 6) is 0.932. The summed E-state index contributed by atoms with van der Waals surface area (Å²) in [6, 6.07) is 13.7. The molecule has 1 N–H and O–H groups in total. The van der Waals surface area contributed by atoms with Gasteiger partial charge in [0, 0.05) is 29.2 Å². The number of nitrogens with one attached hydrogen (secondary N) is 1. The van der Waals surface area contributed by atoms with Gasteiger partial charge in [-0.2, -0.15) is 0 Å². The van der Waals surface area contributed by atoms with Gasteiger partial charge in [-0.3, -0.25) is 10.1 Å². The summed E-state index contributed by atoms with van der Waals surface area (Å²) in [5, 5.41) is 11.0. The first-order valence-corrected chi connectivity index (χ1v) is 11.5. The lowest BCUT2D eigenvalue weighted by molar-refractivity contribution is 0.102. The van der Waals surface area contributed by atoms with Crippen molar-refractivity contribution >= 4 is 34.5 Å². The van der Waals surface area contributed by atoms with Crippen molar-refractivity contribution in [3.63, 3.8) is 0 Å². The molecule has 7 nitrogen and oxygen atoms in total. The molecule has 1 amide bonds. The molecule has 1 unspecified atom stereocenters. The van der Waals surface area contributed by atoms with Gasteiger partial charge in [-0.05, 0) is 66.8 Å². The highest BCUT2D eigenvalue weighted by Gasteiger charge is 2.26. The van der Waals surface area contributed by atoms with Crippen LogP contribution in [0.2, 0.25) is 5.02 Å². The van der Waals surface area contributed by atoms with Gasteiger partial charge in [-0.15, -0.1) is 5.10 Å². The van der Waals surface area contributed by atoms with Crippen molar-refractivity contribution in [2.75, 3.05) is 18.4 Å². The Bertz CT molecular complexity index is 1070. The van der Waals surface area contributed by atoms with E-state index in [0.717, 1.165) is 19.5 Å². The molecule has 9 heteroatoms. The maximum atomic E-state index is 12.9. The number of hydrogen-bond donors (Lipinski definition) is 1. The Morgan fingerprint density at radius 2 is 1.71 bits per heavy atom. The predicted molar refractivity (Wildman–Crippen MR) is 120 cm³/mol. The molecular weight excluding hydrogens is 436 g/mol. The molecule has 3 atom stereocenters. The predicted octanol–water partition coefficient (Wildman–Crippen LogP) is 4.64. The zero-order valence-corrected chi connectivity index (χ0v) is 18.8. The minimum absolute atomic E-state index is 0.00102. The van der Waals surface area contributed by atoms with Crippen molar-refractivity contribution in [3.05, 3.63) is 59.1 Å². The summed E-state index contributed by atoms with van der Waals surface area (Å²) in [6.45, 7) is 5.99. The van der Waals surface area contributed by atoms with Crippen molar-refractivity contribution in [2.24, 2.45) is 11.8 Å². The number of hydrogen-bond acceptors (Lipinski definition) is 5. The lowest BCUT2D eigenvalue weighted by Crippen LogP contribution is -2.39. The lowest BCUT2D eigenvalue weighted by atomic mass is 9.94. The van der Waals surface area contributed by atoms with Crippen LogP contribution in [0.3, 0.4) is 0 Å². The number of carbonyl (C=O) groups is 1. The van der Waals surface area contributed by atoms with E-state index in [1.54, 1.807) is 48.5 Å². The molecule has 1 fully saturated rings. The first-order chi connectivity index (χ1) is 14.9. The van der Waals surface area contributed by atoms with Gasteiger partial charge in [0.1, 0.15) is 11.0 Å². The van der Waals surface area contributed by atoms with Crippen molar-refractivity contribution in [1.29, 1.82) is 0 Å². The molecule has 0 spiro atoms. The van der Waals surface area contributed by atoms with Crippen LogP contribution >= 0.6 is 11.6 Å². The molecule has 1 aliphatic heterocycles. The Kier molecular flexibility index (Phi) is 6.50. The first-order valence-electron chi connectivity index (χ1n) is 10.1. The van der Waals surface area contributed by atoms with E-state index in [2.05, 4.69) is 29.4 Å². The molecule has 0 radical (unpaired) electrons. The number of nitrogens with zero attached hydrogens (tertiary/aromatic N) is 3. The lowest BCUT2D eigenvalue weighted by Gasteiger charge is -2.33. The monoisotopic (exact) mass is 458 g/mol. The largest absolute Gasteiger partial charge is 0.403 e. The average molecular weight is 459 g/mol. The number of halogens is 1. The number of aromatic nitrogens is 2. The van der Waals surface area contributed by atoms with E-state index in [-0.39, 0.29) is 17.8 Å². The van der Waals surface area contributed by atoms with Gasteiger partial charge < -0.3 is 4.42 Å². The maximum Gasteiger partial charge on any atom is 0.322 e. The Labute approximate surface area is 188 Å². The molecule has 2 aromatic carbocycles. The van der Waals surface area contributed by atoms with Gasteiger partial charge in [0.25, 0.3) is 5.91 Å². The third-order valence-corrected chi connectivity index (χ3v) is 6.82. The number of carbonyl (C=O) groups excluding carboxylic acids is 1. The zero-order valence-electron chi connectivity index (χ0n) is 17.2. The molecule has 162 valence electrons. The van der Waals surface area contributed by atoms with Gasteiger partial charge in [0.2, 0.25) is 5.89 Å². The smallest absolute Gasteiger partial charge is 0.322 e. The fourth-order valence-electron chi connectivity index (χ4n) is 3.77. The fraction of sp³-hybridized carbons (Fsp3) is 0.318. The Hall–Kier alpha value is -2.55. The van der Waals surface area contributed by atoms with Crippen LogP contribution in [-0.2, 0) is 11.0 Å². The summed E-state index contributed by atoms with van der Waals surface area (Å²) in [7, 11) is -1.24. The summed E-state index contributed by atoms with van der Waals surface area (Å²) in [4.78, 5) is 13.2. The highest BCUT2D eigenvalue weighted by molar-refractivity contribution is 7.82. The third kappa shape index (κ3) is 5.20. The van der Waals surface area contributed by atoms with Crippen molar-refractivity contribution < 1.29 is 13.4 Å². The number of rotatable bonds is 5. The molecule has 31 heavy (non-hydrogen) atoms. The number of amides is 1. The van der Waals surface area contributed by atoms with Crippen molar-refractivity contribution in [2.45, 2.75) is 25.2 Å². The van der Waals surface area contributed by atoms with Crippen LogP contribution < -0.4 is 5.32 Å². The summed E-state index contributed by atoms with van der Waals surface area (Å²) in [5.41, 5.74) is 1.11. The Morgan fingerprint density at radius 1 is 1.06 bits per heavy atom. The summed E-state index contributed by atoms with van der Waals surface area (Å²) in [6.07, 6.45) is 1.15. The van der Waals surface area contributed by atoms with Gasteiger partial charge in [-0.25, -0.2) is 8.51 Å². The molecule has 0 saturated carbocycles. The van der Waals surface area contributed by atoms with E-state index in [1.165, 1.54) is 0 Å². The molecule has 1 aromatic heterocycles. The SMILES string of the molecule is C[C@@H]1C[C@H](C)CN(S(=O)c2ccc(C(=O)Nc3nnc(-c4ccc(Cl)cc4)o3)cc2)C1. The normalized spacial score (nSPS) is 20.4. The molecule has 3 aromatic rings. The van der Waals surface area contributed by atoms with Crippen LogP contribution in [0.15, 0.2) is 57.8 Å². The number of benzene rings is 2. The minimum atomic E-state index is -1.24. The van der Waals surface area contributed by atoms with Gasteiger partial charge in [0.05, 0.1) is 4.90 Å². The van der Waals surface area contributed by atoms with E-state index in [1.807, 2.05) is 4.31 Å². The molecular formula is C22H23ClN4O3S. The second kappa shape index (κ2) is 9.30. The molecule has 0 bridgehead atoms. The maximum absolute atomic E-state index is 12.9. The number of anilines is 1. The highest BCUT2D eigenvalue weighted by Crippen LogP contribution is 2.25. The molecule has 2 heterocycles. The average Bonchev–Trinajstić information content (AvgIpc) is 3.21. The first kappa shape index (κ1) is 21.7. The van der Waals surface area contributed by atoms with Gasteiger partial charge in [0.15, 0.2) is 0 Å². The topological polar surface area (TPSA) is 88.3 Å². The van der Waals surface area contributed by atoms with E-state index in [4.69, 9.17) is 16.0 Å². The molecule has 1 aliphatic rings. The van der Waals surface area contributed by atoms with Crippen LogP contribution in [0.4, 0.5) is 6.01 Å². The second-order valence-electron chi connectivity index (χ2n) is 7.94. The van der Waals surface area contributed by atoms with E-state index in [0.29, 0.717) is 32.9 Å². The van der Waals surface area contributed by atoms with Crippen LogP contribution in [-0.4, -0.2) is 37.7 Å².